The highest BCUT2D eigenvalue weighted by Gasteiger charge is 2.24. The van der Waals surface area contributed by atoms with Crippen LogP contribution in [0.15, 0.2) is 30.5 Å². The van der Waals surface area contributed by atoms with Crippen molar-refractivity contribution in [2.75, 3.05) is 12.4 Å². The summed E-state index contributed by atoms with van der Waals surface area (Å²) in [5, 5.41) is 8.02. The predicted molar refractivity (Wildman–Crippen MR) is 97.2 cm³/mol. The summed E-state index contributed by atoms with van der Waals surface area (Å²) in [5.74, 6) is 2.57. The molecule has 3 aromatic rings. The van der Waals surface area contributed by atoms with E-state index >= 15 is 0 Å². The maximum Gasteiger partial charge on any atom is 0.227 e. The lowest BCUT2D eigenvalue weighted by Crippen LogP contribution is -2.12. The van der Waals surface area contributed by atoms with Crippen LogP contribution in [-0.2, 0) is 12.8 Å². The van der Waals surface area contributed by atoms with Crippen molar-refractivity contribution in [3.8, 4) is 5.75 Å². The maximum atomic E-state index is 5.48. The average Bonchev–Trinajstić information content (AvgIpc) is 3.35. The number of fused-ring (bicyclic) bond motifs is 1. The van der Waals surface area contributed by atoms with Gasteiger partial charge in [-0.2, -0.15) is 14.6 Å². The molecule has 0 radical (unpaired) electrons. The lowest BCUT2D eigenvalue weighted by Gasteiger charge is -2.10. The summed E-state index contributed by atoms with van der Waals surface area (Å²) in [5.41, 5.74) is 3.10. The second-order valence-corrected chi connectivity index (χ2v) is 6.53. The fourth-order valence-electron chi connectivity index (χ4n) is 2.98. The lowest BCUT2D eigenvalue weighted by atomic mass is 10.1. The van der Waals surface area contributed by atoms with Crippen LogP contribution in [0.2, 0.25) is 0 Å². The van der Waals surface area contributed by atoms with Crippen LogP contribution in [0.1, 0.15) is 43.1 Å². The van der Waals surface area contributed by atoms with E-state index in [0.29, 0.717) is 6.04 Å². The van der Waals surface area contributed by atoms with E-state index in [1.807, 2.05) is 28.9 Å². The van der Waals surface area contributed by atoms with Crippen molar-refractivity contribution in [2.24, 2.45) is 0 Å². The number of nitrogens with one attached hydrogen (secondary N) is 1. The van der Waals surface area contributed by atoms with Gasteiger partial charge in [-0.15, -0.1) is 0 Å². The van der Waals surface area contributed by atoms with Crippen LogP contribution in [0.3, 0.4) is 0 Å². The zero-order valence-electron chi connectivity index (χ0n) is 14.7. The van der Waals surface area contributed by atoms with Gasteiger partial charge in [-0.3, -0.25) is 0 Å². The number of benzene rings is 1. The van der Waals surface area contributed by atoms with Crippen LogP contribution < -0.4 is 10.1 Å². The van der Waals surface area contributed by atoms with Crippen LogP contribution >= 0.6 is 0 Å². The van der Waals surface area contributed by atoms with E-state index in [0.717, 1.165) is 53.6 Å². The third kappa shape index (κ3) is 3.29. The Bertz CT molecular complexity index is 885. The van der Waals surface area contributed by atoms with Crippen molar-refractivity contribution in [1.29, 1.82) is 0 Å². The highest BCUT2D eigenvalue weighted by molar-refractivity contribution is 5.54. The van der Waals surface area contributed by atoms with Gasteiger partial charge in [0.2, 0.25) is 5.95 Å². The Morgan fingerprint density at radius 3 is 2.80 bits per heavy atom. The molecule has 0 saturated heterocycles. The minimum atomic E-state index is 0.523. The standard InChI is InChI=1S/C19H23N5O/c1-3-6-17-22-18-14(11-13-7-4-5-8-16(13)25-2)12-20-24(18)19(23-17)21-15-9-10-15/h4-5,7-8,12,15H,3,6,9-11H2,1-2H3,(H,21,22,23). The predicted octanol–water partition coefficient (Wildman–Crippen LogP) is 3.25. The molecular weight excluding hydrogens is 314 g/mol. The van der Waals surface area contributed by atoms with Gasteiger partial charge < -0.3 is 10.1 Å². The third-order valence-electron chi connectivity index (χ3n) is 4.45. The van der Waals surface area contributed by atoms with E-state index in [9.17, 15) is 0 Å². The number of rotatable bonds is 7. The molecule has 1 aromatic carbocycles. The van der Waals surface area contributed by atoms with Crippen molar-refractivity contribution in [1.82, 2.24) is 19.6 Å². The Morgan fingerprint density at radius 1 is 1.20 bits per heavy atom. The normalized spacial score (nSPS) is 14.0. The first-order chi connectivity index (χ1) is 12.3. The van der Waals surface area contributed by atoms with Crippen LogP contribution in [-0.4, -0.2) is 32.7 Å². The molecular formula is C19H23N5O. The quantitative estimate of drug-likeness (QED) is 0.717. The fraction of sp³-hybridized carbons (Fsp3) is 0.421. The highest BCUT2D eigenvalue weighted by Crippen LogP contribution is 2.26. The van der Waals surface area contributed by atoms with Crippen molar-refractivity contribution in [3.05, 3.63) is 47.4 Å². The van der Waals surface area contributed by atoms with Crippen LogP contribution in [0.5, 0.6) is 5.75 Å². The number of ether oxygens (including phenoxy) is 1. The van der Waals surface area contributed by atoms with Crippen molar-refractivity contribution < 1.29 is 4.74 Å². The van der Waals surface area contributed by atoms with E-state index < -0.39 is 0 Å². The summed E-state index contributed by atoms with van der Waals surface area (Å²) >= 11 is 0. The molecule has 25 heavy (non-hydrogen) atoms. The molecule has 1 aliphatic carbocycles. The van der Waals surface area contributed by atoms with E-state index in [2.05, 4.69) is 28.4 Å². The van der Waals surface area contributed by atoms with Crippen molar-refractivity contribution in [2.45, 2.75) is 45.1 Å². The molecule has 0 bridgehead atoms. The summed E-state index contributed by atoms with van der Waals surface area (Å²) < 4.78 is 7.32. The first-order valence-corrected chi connectivity index (χ1v) is 8.90. The van der Waals surface area contributed by atoms with Crippen LogP contribution in [0, 0.1) is 0 Å². The highest BCUT2D eigenvalue weighted by atomic mass is 16.5. The molecule has 0 aliphatic heterocycles. The van der Waals surface area contributed by atoms with Crippen molar-refractivity contribution in [3.63, 3.8) is 0 Å². The molecule has 6 heteroatoms. The summed E-state index contributed by atoms with van der Waals surface area (Å²) in [4.78, 5) is 9.45. The monoisotopic (exact) mass is 337 g/mol. The van der Waals surface area contributed by atoms with Crippen LogP contribution in [0.25, 0.3) is 5.65 Å². The number of anilines is 1. The van der Waals surface area contributed by atoms with E-state index in [4.69, 9.17) is 9.72 Å². The number of aryl methyl sites for hydroxylation is 1. The molecule has 2 heterocycles. The lowest BCUT2D eigenvalue weighted by molar-refractivity contribution is 0.410. The SMILES string of the molecule is CCCc1nc(NC2CC2)n2ncc(Cc3ccccc3OC)c2n1. The van der Waals surface area contributed by atoms with Gasteiger partial charge in [0.25, 0.3) is 0 Å². The smallest absolute Gasteiger partial charge is 0.227 e. The molecule has 1 N–H and O–H groups in total. The molecule has 130 valence electrons. The Morgan fingerprint density at radius 2 is 2.04 bits per heavy atom. The maximum absolute atomic E-state index is 5.48. The molecule has 4 rings (SSSR count). The molecule has 6 nitrogen and oxygen atoms in total. The number of para-hydroxylation sites is 1. The largest absolute Gasteiger partial charge is 0.496 e. The Kier molecular flexibility index (Phi) is 4.26. The second kappa shape index (κ2) is 6.70. The molecule has 0 amide bonds. The van der Waals surface area contributed by atoms with Gasteiger partial charge >= 0.3 is 0 Å². The summed E-state index contributed by atoms with van der Waals surface area (Å²) in [7, 11) is 1.70. The molecule has 1 fully saturated rings. The minimum Gasteiger partial charge on any atom is -0.496 e. The van der Waals surface area contributed by atoms with Gasteiger partial charge in [-0.25, -0.2) is 4.98 Å². The number of hydrogen-bond donors (Lipinski definition) is 1. The summed E-state index contributed by atoms with van der Waals surface area (Å²) in [6.45, 7) is 2.15. The Balaban J connectivity index is 1.74. The zero-order chi connectivity index (χ0) is 17.2. The average molecular weight is 337 g/mol. The van der Waals surface area contributed by atoms with E-state index in [1.54, 1.807) is 7.11 Å². The third-order valence-corrected chi connectivity index (χ3v) is 4.45. The first kappa shape index (κ1) is 15.9. The first-order valence-electron chi connectivity index (χ1n) is 8.90. The molecule has 0 spiro atoms. The van der Waals surface area contributed by atoms with Gasteiger partial charge in [0.1, 0.15) is 11.6 Å². The van der Waals surface area contributed by atoms with Gasteiger partial charge in [-0.05, 0) is 30.9 Å². The second-order valence-electron chi connectivity index (χ2n) is 6.53. The molecule has 2 aromatic heterocycles. The topological polar surface area (TPSA) is 64.3 Å². The number of hydrogen-bond acceptors (Lipinski definition) is 5. The van der Waals surface area contributed by atoms with E-state index in [1.165, 1.54) is 12.8 Å². The molecule has 0 atom stereocenters. The van der Waals surface area contributed by atoms with Gasteiger partial charge in [0, 0.05) is 24.4 Å². The molecule has 1 aliphatic rings. The van der Waals surface area contributed by atoms with Gasteiger partial charge in [0.15, 0.2) is 5.65 Å². The number of nitrogens with zero attached hydrogens (tertiary/aromatic N) is 4. The zero-order valence-corrected chi connectivity index (χ0v) is 14.7. The minimum absolute atomic E-state index is 0.523. The Hall–Kier alpha value is -2.63. The number of methoxy groups -OCH3 is 1. The molecule has 1 saturated carbocycles. The molecule has 0 unspecified atom stereocenters. The summed E-state index contributed by atoms with van der Waals surface area (Å²) in [6.07, 6.45) is 6.92. The van der Waals surface area contributed by atoms with Crippen LogP contribution in [0.4, 0.5) is 5.95 Å². The van der Waals surface area contributed by atoms with Crippen molar-refractivity contribution >= 4 is 11.6 Å². The van der Waals surface area contributed by atoms with E-state index in [-0.39, 0.29) is 0 Å². The van der Waals surface area contributed by atoms with Gasteiger partial charge in [-0.1, -0.05) is 25.1 Å². The fourth-order valence-corrected chi connectivity index (χ4v) is 2.98. The number of aromatic nitrogens is 4. The summed E-state index contributed by atoms with van der Waals surface area (Å²) in [6, 6.07) is 8.60. The van der Waals surface area contributed by atoms with Gasteiger partial charge in [0.05, 0.1) is 13.3 Å². The Labute approximate surface area is 147 Å².